The predicted octanol–water partition coefficient (Wildman–Crippen LogP) is 3.99. The summed E-state index contributed by atoms with van der Waals surface area (Å²) >= 11 is 6.44. The highest BCUT2D eigenvalue weighted by atomic mass is 35.5. The summed E-state index contributed by atoms with van der Waals surface area (Å²) in [4.78, 5) is 0. The van der Waals surface area contributed by atoms with Gasteiger partial charge in [-0.2, -0.15) is 0 Å². The van der Waals surface area contributed by atoms with Crippen LogP contribution in [0.1, 0.15) is 36.1 Å². The van der Waals surface area contributed by atoms with Crippen LogP contribution in [-0.4, -0.2) is 6.61 Å². The van der Waals surface area contributed by atoms with Gasteiger partial charge in [-0.3, -0.25) is 5.84 Å². The second kappa shape index (κ2) is 7.46. The fraction of sp³-hybridized carbons (Fsp3) is 0.294. The third-order valence-electron chi connectivity index (χ3n) is 3.39. The van der Waals surface area contributed by atoms with Gasteiger partial charge in [-0.1, -0.05) is 54.9 Å². The van der Waals surface area contributed by atoms with Crippen molar-refractivity contribution in [3.05, 3.63) is 64.2 Å². The van der Waals surface area contributed by atoms with E-state index in [0.29, 0.717) is 6.61 Å². The summed E-state index contributed by atoms with van der Waals surface area (Å²) in [5, 5.41) is 0.728. The average molecular weight is 305 g/mol. The molecule has 3 nitrogen and oxygen atoms in total. The minimum atomic E-state index is -0.203. The van der Waals surface area contributed by atoms with Crippen LogP contribution in [-0.2, 0) is 0 Å². The van der Waals surface area contributed by atoms with E-state index in [1.54, 1.807) is 0 Å². The molecule has 2 aromatic carbocycles. The number of ether oxygens (including phenoxy) is 1. The first kappa shape index (κ1) is 15.8. The van der Waals surface area contributed by atoms with Crippen molar-refractivity contribution < 1.29 is 4.74 Å². The molecule has 0 aliphatic carbocycles. The SMILES string of the molecule is CCCOc1ccccc1C(NN)c1cccc(C)c1Cl. The molecule has 0 aromatic heterocycles. The minimum Gasteiger partial charge on any atom is -0.493 e. The lowest BCUT2D eigenvalue weighted by Gasteiger charge is -2.22. The number of halogens is 1. The van der Waals surface area contributed by atoms with Crippen molar-refractivity contribution in [1.82, 2.24) is 5.43 Å². The minimum absolute atomic E-state index is 0.203. The highest BCUT2D eigenvalue weighted by Gasteiger charge is 2.19. The molecular weight excluding hydrogens is 284 g/mol. The highest BCUT2D eigenvalue weighted by molar-refractivity contribution is 6.32. The van der Waals surface area contributed by atoms with E-state index in [9.17, 15) is 0 Å². The van der Waals surface area contributed by atoms with Gasteiger partial charge < -0.3 is 4.74 Å². The fourth-order valence-electron chi connectivity index (χ4n) is 2.30. The molecule has 3 N–H and O–H groups in total. The zero-order valence-corrected chi connectivity index (χ0v) is 13.2. The average Bonchev–Trinajstić information content (AvgIpc) is 2.51. The van der Waals surface area contributed by atoms with Crippen LogP contribution in [0.15, 0.2) is 42.5 Å². The van der Waals surface area contributed by atoms with Gasteiger partial charge in [-0.05, 0) is 30.5 Å². The van der Waals surface area contributed by atoms with Crippen molar-refractivity contribution in [2.75, 3.05) is 6.61 Å². The Bertz CT molecular complexity index is 601. The quantitative estimate of drug-likeness (QED) is 0.626. The van der Waals surface area contributed by atoms with Crippen LogP contribution >= 0.6 is 11.6 Å². The first-order valence-electron chi connectivity index (χ1n) is 7.11. The molecule has 0 saturated heterocycles. The molecule has 2 rings (SSSR count). The number of hydrogen-bond donors (Lipinski definition) is 2. The third kappa shape index (κ3) is 3.56. The molecule has 0 amide bonds. The van der Waals surface area contributed by atoms with E-state index in [-0.39, 0.29) is 6.04 Å². The van der Waals surface area contributed by atoms with Crippen molar-refractivity contribution in [2.45, 2.75) is 26.3 Å². The number of benzene rings is 2. The summed E-state index contributed by atoms with van der Waals surface area (Å²) in [6.07, 6.45) is 0.959. The van der Waals surface area contributed by atoms with Crippen molar-refractivity contribution in [3.63, 3.8) is 0 Å². The number of nitrogens with two attached hydrogens (primary N) is 1. The number of hydrogen-bond acceptors (Lipinski definition) is 3. The lowest BCUT2D eigenvalue weighted by atomic mass is 9.97. The second-order valence-corrected chi connectivity index (χ2v) is 5.34. The summed E-state index contributed by atoms with van der Waals surface area (Å²) < 4.78 is 5.82. The molecule has 0 saturated carbocycles. The van der Waals surface area contributed by atoms with Crippen LogP contribution in [0.3, 0.4) is 0 Å². The number of rotatable bonds is 6. The summed E-state index contributed by atoms with van der Waals surface area (Å²) in [6.45, 7) is 4.74. The monoisotopic (exact) mass is 304 g/mol. The number of hydrazine groups is 1. The first-order chi connectivity index (χ1) is 10.2. The molecule has 2 aromatic rings. The Morgan fingerprint density at radius 1 is 1.14 bits per heavy atom. The molecule has 112 valence electrons. The largest absolute Gasteiger partial charge is 0.493 e. The number of aryl methyl sites for hydroxylation is 1. The van der Waals surface area contributed by atoms with Crippen LogP contribution in [0.2, 0.25) is 5.02 Å². The van der Waals surface area contributed by atoms with Crippen molar-refractivity contribution >= 4 is 11.6 Å². The van der Waals surface area contributed by atoms with Gasteiger partial charge in [0.05, 0.1) is 12.6 Å². The molecular formula is C17H21ClN2O. The maximum atomic E-state index is 6.44. The topological polar surface area (TPSA) is 47.3 Å². The van der Waals surface area contributed by atoms with Crippen LogP contribution < -0.4 is 16.0 Å². The van der Waals surface area contributed by atoms with E-state index >= 15 is 0 Å². The van der Waals surface area contributed by atoms with Gasteiger partial charge in [-0.15, -0.1) is 0 Å². The molecule has 0 aliphatic rings. The smallest absolute Gasteiger partial charge is 0.124 e. The van der Waals surface area contributed by atoms with Gasteiger partial charge in [0.15, 0.2) is 0 Å². The highest BCUT2D eigenvalue weighted by Crippen LogP contribution is 2.34. The molecule has 0 spiro atoms. The van der Waals surface area contributed by atoms with E-state index in [4.69, 9.17) is 22.2 Å². The summed E-state index contributed by atoms with van der Waals surface area (Å²) in [5.41, 5.74) is 5.82. The van der Waals surface area contributed by atoms with E-state index in [0.717, 1.165) is 33.9 Å². The van der Waals surface area contributed by atoms with Crippen LogP contribution in [0, 0.1) is 6.92 Å². The molecule has 0 radical (unpaired) electrons. The molecule has 21 heavy (non-hydrogen) atoms. The van der Waals surface area contributed by atoms with Gasteiger partial charge in [0.2, 0.25) is 0 Å². The Labute approximate surface area is 131 Å². The summed E-state index contributed by atoms with van der Waals surface area (Å²) in [5.74, 6) is 6.62. The van der Waals surface area contributed by atoms with Crippen molar-refractivity contribution in [1.29, 1.82) is 0 Å². The summed E-state index contributed by atoms with van der Waals surface area (Å²) in [6, 6.07) is 13.6. The predicted molar refractivity (Wildman–Crippen MR) is 87.6 cm³/mol. The molecule has 4 heteroatoms. The first-order valence-corrected chi connectivity index (χ1v) is 7.49. The maximum Gasteiger partial charge on any atom is 0.124 e. The Hall–Kier alpha value is -1.55. The van der Waals surface area contributed by atoms with Crippen LogP contribution in [0.4, 0.5) is 0 Å². The van der Waals surface area contributed by atoms with E-state index < -0.39 is 0 Å². The number of para-hydroxylation sites is 1. The fourth-order valence-corrected chi connectivity index (χ4v) is 2.54. The van der Waals surface area contributed by atoms with E-state index in [1.807, 2.05) is 49.4 Å². The standard InChI is InChI=1S/C17H21ClN2O/c1-3-11-21-15-10-5-4-8-13(15)17(20-19)14-9-6-7-12(2)16(14)18/h4-10,17,20H,3,11,19H2,1-2H3. The maximum absolute atomic E-state index is 6.44. The molecule has 0 heterocycles. The van der Waals surface area contributed by atoms with Crippen LogP contribution in [0.5, 0.6) is 5.75 Å². The lowest BCUT2D eigenvalue weighted by molar-refractivity contribution is 0.311. The molecule has 1 atom stereocenters. The molecule has 0 bridgehead atoms. The van der Waals surface area contributed by atoms with Crippen molar-refractivity contribution in [2.24, 2.45) is 5.84 Å². The Kier molecular flexibility index (Phi) is 5.62. The molecule has 0 aliphatic heterocycles. The van der Waals surface area contributed by atoms with Crippen LogP contribution in [0.25, 0.3) is 0 Å². The lowest BCUT2D eigenvalue weighted by Crippen LogP contribution is -2.29. The molecule has 1 unspecified atom stereocenters. The molecule has 0 fully saturated rings. The van der Waals surface area contributed by atoms with Gasteiger partial charge in [-0.25, -0.2) is 5.43 Å². The zero-order chi connectivity index (χ0) is 15.2. The van der Waals surface area contributed by atoms with Gasteiger partial charge in [0.25, 0.3) is 0 Å². The third-order valence-corrected chi connectivity index (χ3v) is 3.91. The Morgan fingerprint density at radius 2 is 1.86 bits per heavy atom. The normalized spacial score (nSPS) is 12.2. The number of nitrogens with one attached hydrogen (secondary N) is 1. The summed E-state index contributed by atoms with van der Waals surface area (Å²) in [7, 11) is 0. The second-order valence-electron chi connectivity index (χ2n) is 4.96. The van der Waals surface area contributed by atoms with Gasteiger partial charge in [0, 0.05) is 10.6 Å². The Balaban J connectivity index is 2.44. The van der Waals surface area contributed by atoms with E-state index in [2.05, 4.69) is 12.3 Å². The van der Waals surface area contributed by atoms with Gasteiger partial charge >= 0.3 is 0 Å². The van der Waals surface area contributed by atoms with Crippen molar-refractivity contribution in [3.8, 4) is 5.75 Å². The zero-order valence-electron chi connectivity index (χ0n) is 12.4. The van der Waals surface area contributed by atoms with Gasteiger partial charge in [0.1, 0.15) is 5.75 Å². The van der Waals surface area contributed by atoms with E-state index in [1.165, 1.54) is 0 Å². The Morgan fingerprint density at radius 3 is 2.57 bits per heavy atom.